The van der Waals surface area contributed by atoms with Gasteiger partial charge in [-0.15, -0.1) is 0 Å². The molecule has 0 saturated heterocycles. The number of carbonyl (C=O) groups is 1. The monoisotopic (exact) mass is 278 g/mol. The number of esters is 1. The number of benzene rings is 1. The lowest BCUT2D eigenvalue weighted by molar-refractivity contribution is -0.157. The second-order valence-corrected chi connectivity index (χ2v) is 5.54. The van der Waals surface area contributed by atoms with Crippen LogP contribution in [-0.2, 0) is 16.6 Å². The number of aromatic nitrogens is 2. The summed E-state index contributed by atoms with van der Waals surface area (Å²) in [6.07, 6.45) is 0. The molecule has 0 saturated carbocycles. The zero-order valence-corrected chi connectivity index (χ0v) is 12.0. The number of hydrogen-bond acceptors (Lipinski definition) is 4. The maximum Gasteiger partial charge on any atom is 0.344 e. The number of nitrogens with zero attached hydrogens (tertiary/aromatic N) is 1. The van der Waals surface area contributed by atoms with Gasteiger partial charge in [0, 0.05) is 13.1 Å². The Labute approximate surface area is 116 Å². The van der Waals surface area contributed by atoms with Crippen molar-refractivity contribution >= 4 is 17.0 Å². The number of nitrogens with one attached hydrogen (secondary N) is 1. The zero-order chi connectivity index (χ0) is 14.9. The van der Waals surface area contributed by atoms with Crippen molar-refractivity contribution < 1.29 is 14.3 Å². The molecule has 1 N–H and O–H groups in total. The quantitative estimate of drug-likeness (QED) is 0.865. The van der Waals surface area contributed by atoms with Crippen LogP contribution in [0.1, 0.15) is 20.8 Å². The van der Waals surface area contributed by atoms with Crippen LogP contribution in [0.3, 0.4) is 0 Å². The minimum atomic E-state index is -0.533. The molecular weight excluding hydrogens is 260 g/mol. The smallest absolute Gasteiger partial charge is 0.344 e. The highest BCUT2D eigenvalue weighted by Crippen LogP contribution is 2.18. The van der Waals surface area contributed by atoms with Gasteiger partial charge in [0.2, 0.25) is 0 Å². The Morgan fingerprint density at radius 2 is 2.05 bits per heavy atom. The van der Waals surface area contributed by atoms with Crippen molar-refractivity contribution in [2.45, 2.75) is 26.4 Å². The van der Waals surface area contributed by atoms with Crippen LogP contribution in [0.5, 0.6) is 5.75 Å². The fourth-order valence-electron chi connectivity index (χ4n) is 1.81. The normalized spacial score (nSPS) is 11.6. The van der Waals surface area contributed by atoms with Gasteiger partial charge in [-0.25, -0.2) is 9.59 Å². The molecule has 0 unspecified atom stereocenters. The van der Waals surface area contributed by atoms with E-state index in [0.29, 0.717) is 5.75 Å². The van der Waals surface area contributed by atoms with Crippen molar-refractivity contribution in [3.05, 3.63) is 28.7 Å². The minimum Gasteiger partial charge on any atom is -0.482 e. The summed E-state index contributed by atoms with van der Waals surface area (Å²) in [6.45, 7) is 5.23. The Hall–Kier alpha value is -2.24. The third-order valence-electron chi connectivity index (χ3n) is 2.65. The maximum atomic E-state index is 11.6. The number of fused-ring (bicyclic) bond motifs is 1. The molecule has 0 atom stereocenters. The molecule has 0 aliphatic carbocycles. The second-order valence-electron chi connectivity index (χ2n) is 5.54. The first-order valence-corrected chi connectivity index (χ1v) is 6.30. The SMILES string of the molecule is Cn1c(=O)[nH]c2ccc(OCC(=O)OC(C)(C)C)cc21. The van der Waals surface area contributed by atoms with E-state index in [0.717, 1.165) is 11.0 Å². The molecule has 0 aliphatic heterocycles. The second kappa shape index (κ2) is 5.03. The summed E-state index contributed by atoms with van der Waals surface area (Å²) in [6, 6.07) is 5.14. The highest BCUT2D eigenvalue weighted by Gasteiger charge is 2.16. The lowest BCUT2D eigenvalue weighted by Crippen LogP contribution is -2.27. The van der Waals surface area contributed by atoms with Crippen molar-refractivity contribution in [1.82, 2.24) is 9.55 Å². The number of hydrogen-bond donors (Lipinski definition) is 1. The van der Waals surface area contributed by atoms with Crippen LogP contribution in [0, 0.1) is 0 Å². The number of ether oxygens (including phenoxy) is 2. The predicted octanol–water partition coefficient (Wildman–Crippen LogP) is 1.59. The van der Waals surface area contributed by atoms with Crippen LogP contribution < -0.4 is 10.4 Å². The van der Waals surface area contributed by atoms with Gasteiger partial charge >= 0.3 is 11.7 Å². The first kappa shape index (κ1) is 14.2. The molecule has 20 heavy (non-hydrogen) atoms. The molecule has 0 spiro atoms. The maximum absolute atomic E-state index is 11.6. The van der Waals surface area contributed by atoms with Gasteiger partial charge in [-0.05, 0) is 32.9 Å². The number of aryl methyl sites for hydroxylation is 1. The number of carbonyl (C=O) groups excluding carboxylic acids is 1. The van der Waals surface area contributed by atoms with Crippen molar-refractivity contribution in [2.75, 3.05) is 6.61 Å². The van der Waals surface area contributed by atoms with Crippen LogP contribution in [-0.4, -0.2) is 27.7 Å². The van der Waals surface area contributed by atoms with Gasteiger partial charge in [0.1, 0.15) is 11.4 Å². The highest BCUT2D eigenvalue weighted by molar-refractivity contribution is 5.77. The summed E-state index contributed by atoms with van der Waals surface area (Å²) in [4.78, 5) is 25.7. The Balaban J connectivity index is 2.09. The summed E-state index contributed by atoms with van der Waals surface area (Å²) in [5.74, 6) is 0.0820. The van der Waals surface area contributed by atoms with Crippen molar-refractivity contribution in [3.8, 4) is 5.75 Å². The van der Waals surface area contributed by atoms with E-state index >= 15 is 0 Å². The van der Waals surface area contributed by atoms with Crippen LogP contribution >= 0.6 is 0 Å². The van der Waals surface area contributed by atoms with E-state index in [-0.39, 0.29) is 12.3 Å². The molecule has 0 radical (unpaired) electrons. The van der Waals surface area contributed by atoms with E-state index in [2.05, 4.69) is 4.98 Å². The topological polar surface area (TPSA) is 73.3 Å². The minimum absolute atomic E-state index is 0.166. The molecule has 6 heteroatoms. The first-order chi connectivity index (χ1) is 9.26. The molecule has 0 amide bonds. The summed E-state index contributed by atoms with van der Waals surface area (Å²) in [5.41, 5.74) is 0.720. The van der Waals surface area contributed by atoms with Crippen LogP contribution in [0.4, 0.5) is 0 Å². The molecule has 0 fully saturated rings. The Morgan fingerprint density at radius 1 is 1.35 bits per heavy atom. The molecule has 0 bridgehead atoms. The Kier molecular flexibility index (Phi) is 3.57. The van der Waals surface area contributed by atoms with E-state index in [1.54, 1.807) is 46.0 Å². The largest absolute Gasteiger partial charge is 0.482 e. The lowest BCUT2D eigenvalue weighted by atomic mass is 10.2. The number of imidazole rings is 1. The molecule has 6 nitrogen and oxygen atoms in total. The number of aromatic amines is 1. The Morgan fingerprint density at radius 3 is 2.70 bits per heavy atom. The number of H-pyrrole nitrogens is 1. The zero-order valence-electron chi connectivity index (χ0n) is 12.0. The third-order valence-corrected chi connectivity index (χ3v) is 2.65. The molecule has 108 valence electrons. The van der Waals surface area contributed by atoms with Gasteiger partial charge in [0.25, 0.3) is 0 Å². The molecular formula is C14H18N2O4. The average Bonchev–Trinajstić information content (AvgIpc) is 2.61. The van der Waals surface area contributed by atoms with Crippen molar-refractivity contribution in [2.24, 2.45) is 7.05 Å². The number of rotatable bonds is 3. The fraction of sp³-hybridized carbons (Fsp3) is 0.429. The standard InChI is InChI=1S/C14H18N2O4/c1-14(2,3)20-12(17)8-19-9-5-6-10-11(7-9)16(4)13(18)15-10/h5-7H,8H2,1-4H3,(H,15,18). The van der Waals surface area contributed by atoms with Gasteiger partial charge in [-0.2, -0.15) is 0 Å². The summed E-state index contributed by atoms with van der Waals surface area (Å²) >= 11 is 0. The molecule has 1 aromatic carbocycles. The lowest BCUT2D eigenvalue weighted by Gasteiger charge is -2.19. The van der Waals surface area contributed by atoms with Crippen LogP contribution in [0.15, 0.2) is 23.0 Å². The van der Waals surface area contributed by atoms with E-state index in [4.69, 9.17) is 9.47 Å². The van der Waals surface area contributed by atoms with E-state index in [1.165, 1.54) is 4.57 Å². The predicted molar refractivity (Wildman–Crippen MR) is 74.9 cm³/mol. The fourth-order valence-corrected chi connectivity index (χ4v) is 1.81. The third kappa shape index (κ3) is 3.20. The van der Waals surface area contributed by atoms with Gasteiger partial charge < -0.3 is 14.5 Å². The molecule has 2 rings (SSSR count). The van der Waals surface area contributed by atoms with E-state index in [1.807, 2.05) is 0 Å². The van der Waals surface area contributed by atoms with E-state index < -0.39 is 11.6 Å². The molecule has 1 aromatic heterocycles. The van der Waals surface area contributed by atoms with Crippen molar-refractivity contribution in [3.63, 3.8) is 0 Å². The van der Waals surface area contributed by atoms with Crippen LogP contribution in [0.2, 0.25) is 0 Å². The summed E-state index contributed by atoms with van der Waals surface area (Å²) in [5, 5.41) is 0. The van der Waals surface area contributed by atoms with Gasteiger partial charge in [-0.3, -0.25) is 4.57 Å². The van der Waals surface area contributed by atoms with Gasteiger partial charge in [0.05, 0.1) is 11.0 Å². The van der Waals surface area contributed by atoms with E-state index in [9.17, 15) is 9.59 Å². The van der Waals surface area contributed by atoms with Gasteiger partial charge in [0.15, 0.2) is 6.61 Å². The van der Waals surface area contributed by atoms with Crippen molar-refractivity contribution in [1.29, 1.82) is 0 Å². The molecule has 1 heterocycles. The Bertz CT molecular complexity index is 691. The summed E-state index contributed by atoms with van der Waals surface area (Å²) < 4.78 is 12.0. The van der Waals surface area contributed by atoms with Gasteiger partial charge in [-0.1, -0.05) is 0 Å². The van der Waals surface area contributed by atoms with Crippen LogP contribution in [0.25, 0.3) is 11.0 Å². The molecule has 0 aliphatic rings. The first-order valence-electron chi connectivity index (χ1n) is 6.30. The highest BCUT2D eigenvalue weighted by atomic mass is 16.6. The average molecular weight is 278 g/mol. The summed E-state index contributed by atoms with van der Waals surface area (Å²) in [7, 11) is 1.67. The molecule has 2 aromatic rings.